The zero-order chi connectivity index (χ0) is 9.52. The van der Waals surface area contributed by atoms with E-state index in [9.17, 15) is 0 Å². The third-order valence-electron chi connectivity index (χ3n) is 1.63. The standard InChI is InChI=1S/C10H14O2S/c1-11-9-5-2-3-6-10(9)12-7-4-8-13/h2-3,5-6,13H,4,7-8H2,1H3. The average Bonchev–Trinajstić information content (AvgIpc) is 2.19. The van der Waals surface area contributed by atoms with E-state index in [1.807, 2.05) is 24.3 Å². The van der Waals surface area contributed by atoms with Crippen molar-refractivity contribution in [3.05, 3.63) is 24.3 Å². The van der Waals surface area contributed by atoms with Crippen molar-refractivity contribution in [3.63, 3.8) is 0 Å². The molecule has 0 saturated heterocycles. The van der Waals surface area contributed by atoms with Gasteiger partial charge in [-0.3, -0.25) is 0 Å². The van der Waals surface area contributed by atoms with Gasteiger partial charge in [-0.2, -0.15) is 12.6 Å². The first-order valence-electron chi connectivity index (χ1n) is 4.25. The molecule has 2 nitrogen and oxygen atoms in total. The molecule has 0 saturated carbocycles. The van der Waals surface area contributed by atoms with E-state index in [1.165, 1.54) is 0 Å². The van der Waals surface area contributed by atoms with Gasteiger partial charge in [0.2, 0.25) is 0 Å². The largest absolute Gasteiger partial charge is 0.493 e. The third kappa shape index (κ3) is 3.19. The van der Waals surface area contributed by atoms with Crippen molar-refractivity contribution < 1.29 is 9.47 Å². The molecule has 0 unspecified atom stereocenters. The van der Waals surface area contributed by atoms with Gasteiger partial charge in [-0.25, -0.2) is 0 Å². The van der Waals surface area contributed by atoms with Gasteiger partial charge in [0.05, 0.1) is 13.7 Å². The van der Waals surface area contributed by atoms with Crippen LogP contribution in [0.4, 0.5) is 0 Å². The molecule has 0 aromatic heterocycles. The molecule has 0 radical (unpaired) electrons. The number of methoxy groups -OCH3 is 1. The van der Waals surface area contributed by atoms with Gasteiger partial charge in [0.25, 0.3) is 0 Å². The zero-order valence-electron chi connectivity index (χ0n) is 7.69. The molecule has 0 aliphatic heterocycles. The molecule has 0 N–H and O–H groups in total. The monoisotopic (exact) mass is 198 g/mol. The van der Waals surface area contributed by atoms with Gasteiger partial charge in [0, 0.05) is 0 Å². The van der Waals surface area contributed by atoms with Crippen molar-refractivity contribution in [1.82, 2.24) is 0 Å². The summed E-state index contributed by atoms with van der Waals surface area (Å²) in [5, 5.41) is 0. The van der Waals surface area contributed by atoms with Gasteiger partial charge in [-0.15, -0.1) is 0 Å². The van der Waals surface area contributed by atoms with E-state index in [0.29, 0.717) is 6.61 Å². The maximum Gasteiger partial charge on any atom is 0.161 e. The summed E-state index contributed by atoms with van der Waals surface area (Å²) in [7, 11) is 1.64. The van der Waals surface area contributed by atoms with Gasteiger partial charge in [0.1, 0.15) is 0 Å². The van der Waals surface area contributed by atoms with Crippen molar-refractivity contribution in [3.8, 4) is 11.5 Å². The summed E-state index contributed by atoms with van der Waals surface area (Å²) in [5.74, 6) is 2.42. The molecule has 1 rings (SSSR count). The summed E-state index contributed by atoms with van der Waals surface area (Å²) in [6.45, 7) is 0.684. The molecule has 72 valence electrons. The minimum atomic E-state index is 0.684. The number of benzene rings is 1. The lowest BCUT2D eigenvalue weighted by Crippen LogP contribution is -1.99. The van der Waals surface area contributed by atoms with E-state index in [2.05, 4.69) is 12.6 Å². The molecule has 0 bridgehead atoms. The quantitative estimate of drug-likeness (QED) is 0.578. The maximum atomic E-state index is 5.49. The molecular weight excluding hydrogens is 184 g/mol. The summed E-state index contributed by atoms with van der Waals surface area (Å²) in [6, 6.07) is 7.64. The van der Waals surface area contributed by atoms with Crippen LogP contribution >= 0.6 is 12.6 Å². The molecule has 1 aromatic carbocycles. The van der Waals surface area contributed by atoms with Crippen LogP contribution in [0.3, 0.4) is 0 Å². The van der Waals surface area contributed by atoms with Crippen molar-refractivity contribution in [1.29, 1.82) is 0 Å². The first kappa shape index (κ1) is 10.3. The van der Waals surface area contributed by atoms with Crippen LogP contribution in [-0.2, 0) is 0 Å². The number of ether oxygens (including phenoxy) is 2. The Kier molecular flexibility index (Phi) is 4.54. The molecule has 0 heterocycles. The van der Waals surface area contributed by atoms with Crippen LogP contribution in [0, 0.1) is 0 Å². The Hall–Kier alpha value is -0.830. The topological polar surface area (TPSA) is 18.5 Å². The van der Waals surface area contributed by atoms with Gasteiger partial charge < -0.3 is 9.47 Å². The van der Waals surface area contributed by atoms with Crippen LogP contribution in [-0.4, -0.2) is 19.5 Å². The Balaban J connectivity index is 2.54. The fraction of sp³-hybridized carbons (Fsp3) is 0.400. The zero-order valence-corrected chi connectivity index (χ0v) is 8.59. The predicted octanol–water partition coefficient (Wildman–Crippen LogP) is 2.39. The van der Waals surface area contributed by atoms with Crippen LogP contribution in [0.15, 0.2) is 24.3 Å². The highest BCUT2D eigenvalue weighted by Crippen LogP contribution is 2.25. The number of thiol groups is 1. The minimum absolute atomic E-state index is 0.684. The Bertz CT molecular complexity index is 250. The highest BCUT2D eigenvalue weighted by Gasteiger charge is 2.00. The molecule has 0 aliphatic carbocycles. The second-order valence-corrected chi connectivity index (χ2v) is 3.02. The van der Waals surface area contributed by atoms with Crippen LogP contribution < -0.4 is 9.47 Å². The highest BCUT2D eigenvalue weighted by atomic mass is 32.1. The molecule has 0 aliphatic rings. The Labute approximate surface area is 84.3 Å². The minimum Gasteiger partial charge on any atom is -0.493 e. The first-order chi connectivity index (χ1) is 6.38. The molecule has 13 heavy (non-hydrogen) atoms. The summed E-state index contributed by atoms with van der Waals surface area (Å²) < 4.78 is 10.6. The van der Waals surface area contributed by atoms with E-state index < -0.39 is 0 Å². The molecule has 0 spiro atoms. The Morgan fingerprint density at radius 3 is 2.54 bits per heavy atom. The predicted molar refractivity (Wildman–Crippen MR) is 57.0 cm³/mol. The SMILES string of the molecule is COc1ccccc1OCCCS. The van der Waals surface area contributed by atoms with Gasteiger partial charge >= 0.3 is 0 Å². The Morgan fingerprint density at radius 2 is 1.92 bits per heavy atom. The molecular formula is C10H14O2S. The molecule has 0 atom stereocenters. The van der Waals surface area contributed by atoms with Gasteiger partial charge in [0.15, 0.2) is 11.5 Å². The summed E-state index contributed by atoms with van der Waals surface area (Å²) in [6.07, 6.45) is 0.946. The van der Waals surface area contributed by atoms with Crippen molar-refractivity contribution in [2.24, 2.45) is 0 Å². The average molecular weight is 198 g/mol. The third-order valence-corrected chi connectivity index (χ3v) is 1.95. The summed E-state index contributed by atoms with van der Waals surface area (Å²) in [5.41, 5.74) is 0. The molecule has 3 heteroatoms. The first-order valence-corrected chi connectivity index (χ1v) is 4.88. The number of hydrogen-bond acceptors (Lipinski definition) is 3. The summed E-state index contributed by atoms with van der Waals surface area (Å²) >= 11 is 4.10. The highest BCUT2D eigenvalue weighted by molar-refractivity contribution is 7.80. The van der Waals surface area contributed by atoms with Crippen LogP contribution in [0.2, 0.25) is 0 Å². The molecule has 1 aromatic rings. The number of rotatable bonds is 5. The lowest BCUT2D eigenvalue weighted by atomic mass is 10.3. The van der Waals surface area contributed by atoms with Crippen LogP contribution in [0.25, 0.3) is 0 Å². The molecule has 0 amide bonds. The fourth-order valence-electron chi connectivity index (χ4n) is 0.985. The van der Waals surface area contributed by atoms with Crippen molar-refractivity contribution in [2.45, 2.75) is 6.42 Å². The molecule has 0 fully saturated rings. The van der Waals surface area contributed by atoms with Gasteiger partial charge in [-0.1, -0.05) is 12.1 Å². The normalized spacial score (nSPS) is 9.69. The van der Waals surface area contributed by atoms with E-state index in [0.717, 1.165) is 23.7 Å². The van der Waals surface area contributed by atoms with E-state index in [1.54, 1.807) is 7.11 Å². The van der Waals surface area contributed by atoms with Gasteiger partial charge in [-0.05, 0) is 24.3 Å². The van der Waals surface area contributed by atoms with Crippen LogP contribution in [0.5, 0.6) is 11.5 Å². The van der Waals surface area contributed by atoms with E-state index in [4.69, 9.17) is 9.47 Å². The van der Waals surface area contributed by atoms with E-state index >= 15 is 0 Å². The Morgan fingerprint density at radius 1 is 1.23 bits per heavy atom. The second-order valence-electron chi connectivity index (χ2n) is 2.58. The van der Waals surface area contributed by atoms with Crippen LogP contribution in [0.1, 0.15) is 6.42 Å². The lowest BCUT2D eigenvalue weighted by Gasteiger charge is -2.09. The lowest BCUT2D eigenvalue weighted by molar-refractivity contribution is 0.295. The van der Waals surface area contributed by atoms with Crippen molar-refractivity contribution in [2.75, 3.05) is 19.5 Å². The second kappa shape index (κ2) is 5.75. The van der Waals surface area contributed by atoms with Crippen molar-refractivity contribution >= 4 is 12.6 Å². The fourth-order valence-corrected chi connectivity index (χ4v) is 1.11. The summed E-state index contributed by atoms with van der Waals surface area (Å²) in [4.78, 5) is 0. The van der Waals surface area contributed by atoms with E-state index in [-0.39, 0.29) is 0 Å². The maximum absolute atomic E-state index is 5.49. The number of hydrogen-bond donors (Lipinski definition) is 1. The number of para-hydroxylation sites is 2. The smallest absolute Gasteiger partial charge is 0.161 e.